The highest BCUT2D eigenvalue weighted by Crippen LogP contribution is 2.34. The minimum atomic E-state index is -4.75. The van der Waals surface area contributed by atoms with Gasteiger partial charge in [-0.3, -0.25) is 0 Å². The number of hydrogen-bond donors (Lipinski definition) is 1. The van der Waals surface area contributed by atoms with Crippen LogP contribution < -0.4 is 5.73 Å². The van der Waals surface area contributed by atoms with E-state index in [2.05, 4.69) is 4.98 Å². The predicted octanol–water partition coefficient (Wildman–Crippen LogP) is 3.22. The molecule has 15 heavy (non-hydrogen) atoms. The first-order valence-electron chi connectivity index (χ1n) is 3.54. The molecule has 0 amide bonds. The van der Waals surface area contributed by atoms with Gasteiger partial charge >= 0.3 is 6.18 Å². The predicted molar refractivity (Wildman–Crippen MR) is 51.3 cm³/mol. The molecular weight excluding hydrogens is 334 g/mol. The van der Waals surface area contributed by atoms with Crippen molar-refractivity contribution in [3.8, 4) is 0 Å². The van der Waals surface area contributed by atoms with Gasteiger partial charge in [-0.1, -0.05) is 0 Å². The summed E-state index contributed by atoms with van der Waals surface area (Å²) in [5, 5.41) is 0. The zero-order valence-corrected chi connectivity index (χ0v) is 9.10. The van der Waals surface area contributed by atoms with Crippen LogP contribution in [0.1, 0.15) is 17.7 Å². The molecule has 1 aromatic heterocycles. The second-order valence-electron chi connectivity index (χ2n) is 2.60. The Bertz CT molecular complexity index is 376. The number of rotatable bonds is 1. The van der Waals surface area contributed by atoms with Crippen LogP contribution in [0.15, 0.2) is 6.07 Å². The molecule has 0 spiro atoms. The fraction of sp³-hybridized carbons (Fsp3) is 0.286. The van der Waals surface area contributed by atoms with Crippen LogP contribution in [0.3, 0.4) is 0 Å². The molecule has 0 aromatic carbocycles. The number of nitrogens with two attached hydrogens (primary N) is 1. The molecule has 0 unspecified atom stereocenters. The van der Waals surface area contributed by atoms with E-state index < -0.39 is 29.5 Å². The van der Waals surface area contributed by atoms with Crippen molar-refractivity contribution in [2.24, 2.45) is 0 Å². The van der Waals surface area contributed by atoms with Crippen LogP contribution in [0, 0.1) is 3.70 Å². The topological polar surface area (TPSA) is 38.9 Å². The van der Waals surface area contributed by atoms with Gasteiger partial charge in [-0.15, -0.1) is 0 Å². The van der Waals surface area contributed by atoms with Crippen LogP contribution in [0.4, 0.5) is 27.6 Å². The van der Waals surface area contributed by atoms with Crippen LogP contribution in [-0.2, 0) is 6.18 Å². The summed E-state index contributed by atoms with van der Waals surface area (Å²) in [4.78, 5) is 3.09. The quantitative estimate of drug-likeness (QED) is 0.485. The highest BCUT2D eigenvalue weighted by atomic mass is 127. The van der Waals surface area contributed by atoms with Gasteiger partial charge in [0, 0.05) is 5.56 Å². The summed E-state index contributed by atoms with van der Waals surface area (Å²) in [6.07, 6.45) is -7.81. The molecule has 0 atom stereocenters. The van der Waals surface area contributed by atoms with Gasteiger partial charge in [0.1, 0.15) is 9.39 Å². The Morgan fingerprint density at radius 1 is 1.33 bits per heavy atom. The average Bonchev–Trinajstić information content (AvgIpc) is 2.06. The van der Waals surface area contributed by atoms with Gasteiger partial charge in [0.15, 0.2) is 0 Å². The zero-order valence-electron chi connectivity index (χ0n) is 6.95. The van der Waals surface area contributed by atoms with Crippen molar-refractivity contribution in [3.05, 3.63) is 21.0 Å². The largest absolute Gasteiger partial charge is 0.433 e. The van der Waals surface area contributed by atoms with E-state index in [-0.39, 0.29) is 9.77 Å². The van der Waals surface area contributed by atoms with E-state index in [9.17, 15) is 22.0 Å². The number of hydrogen-bond acceptors (Lipinski definition) is 2. The van der Waals surface area contributed by atoms with Gasteiger partial charge in [0.2, 0.25) is 0 Å². The lowest BCUT2D eigenvalue weighted by molar-refractivity contribution is -0.141. The average molecular weight is 338 g/mol. The SMILES string of the molecule is Nc1c(C(F)F)cc(C(F)(F)F)nc1I. The van der Waals surface area contributed by atoms with Crippen LogP contribution in [0.25, 0.3) is 0 Å². The molecule has 0 fully saturated rings. The fourth-order valence-electron chi connectivity index (χ4n) is 0.868. The Hall–Kier alpha value is -0.670. The summed E-state index contributed by atoms with van der Waals surface area (Å²) in [5.74, 6) is 0. The maximum atomic E-state index is 12.3. The smallest absolute Gasteiger partial charge is 0.396 e. The van der Waals surface area contributed by atoms with Gasteiger partial charge < -0.3 is 5.73 Å². The lowest BCUT2D eigenvalue weighted by Crippen LogP contribution is -2.12. The van der Waals surface area contributed by atoms with Crippen LogP contribution in [0.5, 0.6) is 0 Å². The van der Waals surface area contributed by atoms with Crippen LogP contribution in [-0.4, -0.2) is 4.98 Å². The highest BCUT2D eigenvalue weighted by molar-refractivity contribution is 14.1. The van der Waals surface area contributed by atoms with E-state index >= 15 is 0 Å². The van der Waals surface area contributed by atoms with E-state index in [0.717, 1.165) is 0 Å². The van der Waals surface area contributed by atoms with Gasteiger partial charge in [-0.2, -0.15) is 13.2 Å². The first kappa shape index (κ1) is 12.4. The van der Waals surface area contributed by atoms with Crippen molar-refractivity contribution in [2.45, 2.75) is 12.6 Å². The zero-order chi connectivity index (χ0) is 11.8. The van der Waals surface area contributed by atoms with E-state index in [1.165, 1.54) is 22.6 Å². The highest BCUT2D eigenvalue weighted by Gasteiger charge is 2.34. The van der Waals surface area contributed by atoms with E-state index in [4.69, 9.17) is 5.73 Å². The standard InChI is InChI=1S/C7H4F5IN2/c8-5(9)2-1-3(7(10,11)12)15-6(13)4(2)14/h1,5H,14H2. The van der Waals surface area contributed by atoms with Gasteiger partial charge in [0.25, 0.3) is 6.43 Å². The third-order valence-corrected chi connectivity index (χ3v) is 2.39. The maximum Gasteiger partial charge on any atom is 0.433 e. The Kier molecular flexibility index (Phi) is 3.36. The lowest BCUT2D eigenvalue weighted by atomic mass is 10.2. The number of anilines is 1. The van der Waals surface area contributed by atoms with E-state index in [1.807, 2.05) is 0 Å². The Morgan fingerprint density at radius 3 is 2.27 bits per heavy atom. The molecule has 0 saturated carbocycles. The van der Waals surface area contributed by atoms with Gasteiger partial charge in [-0.05, 0) is 28.7 Å². The number of nitrogen functional groups attached to an aromatic ring is 1. The molecule has 2 N–H and O–H groups in total. The third-order valence-electron chi connectivity index (χ3n) is 1.57. The lowest BCUT2D eigenvalue weighted by Gasteiger charge is -2.11. The Labute approximate surface area is 94.8 Å². The summed E-state index contributed by atoms with van der Waals surface area (Å²) < 4.78 is 60.9. The van der Waals surface area contributed by atoms with Crippen molar-refractivity contribution in [3.63, 3.8) is 0 Å². The second-order valence-corrected chi connectivity index (χ2v) is 3.62. The molecule has 0 saturated heterocycles. The minimum absolute atomic E-state index is 0.266. The van der Waals surface area contributed by atoms with Crippen molar-refractivity contribution in [1.29, 1.82) is 0 Å². The first-order chi connectivity index (χ1) is 6.73. The fourth-order valence-corrected chi connectivity index (χ4v) is 1.44. The molecule has 0 aliphatic rings. The number of halogens is 6. The molecule has 1 heterocycles. The van der Waals surface area contributed by atoms with Crippen molar-refractivity contribution >= 4 is 28.3 Å². The number of alkyl halides is 5. The second kappa shape index (κ2) is 4.06. The van der Waals surface area contributed by atoms with Gasteiger partial charge in [-0.25, -0.2) is 13.8 Å². The molecule has 1 rings (SSSR count). The summed E-state index contributed by atoms with van der Waals surface area (Å²) >= 11 is 1.38. The van der Waals surface area contributed by atoms with Crippen molar-refractivity contribution < 1.29 is 22.0 Å². The van der Waals surface area contributed by atoms with Crippen LogP contribution in [0.2, 0.25) is 0 Å². The summed E-state index contributed by atoms with van der Waals surface area (Å²) in [6.45, 7) is 0. The Morgan fingerprint density at radius 2 is 1.87 bits per heavy atom. The molecule has 2 nitrogen and oxygen atoms in total. The number of aromatic nitrogens is 1. The van der Waals surface area contributed by atoms with Crippen LogP contribution >= 0.6 is 22.6 Å². The molecule has 1 aromatic rings. The third kappa shape index (κ3) is 2.67. The molecule has 84 valence electrons. The summed E-state index contributed by atoms with van der Waals surface area (Å²) in [7, 11) is 0. The molecule has 0 aliphatic carbocycles. The summed E-state index contributed by atoms with van der Waals surface area (Å²) in [5.41, 5.74) is 2.55. The Balaban J connectivity index is 3.36. The monoisotopic (exact) mass is 338 g/mol. The molecule has 8 heteroatoms. The molecule has 0 aliphatic heterocycles. The van der Waals surface area contributed by atoms with Crippen molar-refractivity contribution in [2.75, 3.05) is 5.73 Å². The maximum absolute atomic E-state index is 12.3. The van der Waals surface area contributed by atoms with Gasteiger partial charge in [0.05, 0.1) is 5.69 Å². The molecule has 0 bridgehead atoms. The van der Waals surface area contributed by atoms with Crippen molar-refractivity contribution in [1.82, 2.24) is 4.98 Å². The first-order valence-corrected chi connectivity index (χ1v) is 4.62. The van der Waals surface area contributed by atoms with E-state index in [0.29, 0.717) is 0 Å². The molecular formula is C7H4F5IN2. The normalized spacial score (nSPS) is 12.2. The molecule has 0 radical (unpaired) electrons. The number of pyridine rings is 1. The number of nitrogens with zero attached hydrogens (tertiary/aromatic N) is 1. The van der Waals surface area contributed by atoms with E-state index in [1.54, 1.807) is 0 Å². The minimum Gasteiger partial charge on any atom is -0.396 e. The summed E-state index contributed by atoms with van der Waals surface area (Å²) in [6, 6.07) is 0.266.